The molecule has 2 fully saturated rings. The molecule has 2 amide bonds. The van der Waals surface area contributed by atoms with Crippen LogP contribution >= 0.6 is 23.2 Å². The summed E-state index contributed by atoms with van der Waals surface area (Å²) < 4.78 is 17.5. The number of nitrogens with zero attached hydrogens (tertiary/aromatic N) is 4. The van der Waals surface area contributed by atoms with Gasteiger partial charge in [-0.2, -0.15) is 0 Å². The molecule has 0 radical (unpaired) electrons. The molecule has 12 heteroatoms. The van der Waals surface area contributed by atoms with Gasteiger partial charge in [-0.25, -0.2) is 32.8 Å². The average Bonchev–Trinajstić information content (AvgIpc) is 3.40. The molecule has 5 aromatic rings. The third-order valence-electron chi connectivity index (χ3n) is 9.41. The van der Waals surface area contributed by atoms with Crippen LogP contribution in [0, 0.1) is 5.82 Å². The Morgan fingerprint density at radius 1 is 0.783 bits per heavy atom. The molecule has 9 nitrogen and oxygen atoms in total. The topological polar surface area (TPSA) is 107 Å². The molecule has 1 aromatic heterocycles. The first-order valence-corrected chi connectivity index (χ1v) is 15.3. The zero-order valence-electron chi connectivity index (χ0n) is 23.8. The van der Waals surface area contributed by atoms with Crippen molar-refractivity contribution in [3.05, 3.63) is 135 Å². The number of fused-ring (bicyclic) bond motifs is 5. The van der Waals surface area contributed by atoms with E-state index in [1.807, 2.05) is 12.1 Å². The number of carbonyl (C=O) groups excluding carboxylic acids is 2. The van der Waals surface area contributed by atoms with Gasteiger partial charge >= 0.3 is 11.4 Å². The molecule has 4 unspecified atom stereocenters. The van der Waals surface area contributed by atoms with E-state index in [-0.39, 0.29) is 30.0 Å². The number of halogens is 3. The summed E-state index contributed by atoms with van der Waals surface area (Å²) in [6, 6.07) is 22.6. The van der Waals surface area contributed by atoms with Gasteiger partial charge in [0.15, 0.2) is 9.75 Å². The van der Waals surface area contributed by atoms with Crippen molar-refractivity contribution in [2.75, 3.05) is 4.90 Å². The van der Waals surface area contributed by atoms with Crippen LogP contribution in [0.2, 0.25) is 0 Å². The first-order valence-electron chi connectivity index (χ1n) is 14.5. The maximum absolute atomic E-state index is 14.6. The van der Waals surface area contributed by atoms with Crippen LogP contribution in [-0.2, 0) is 16.1 Å². The van der Waals surface area contributed by atoms with Crippen LogP contribution < -0.4 is 16.3 Å². The number of aromatic nitrogens is 3. The van der Waals surface area contributed by atoms with Gasteiger partial charge in [0.25, 0.3) is 11.8 Å². The number of hydrogen-bond donors (Lipinski definition) is 1. The Balaban J connectivity index is 1.42. The highest BCUT2D eigenvalue weighted by molar-refractivity contribution is 6.58. The SMILES string of the molecule is O=C1N(c2ccc(F)cc2)C(=O)C2(Cl)C(c3c(O)ccc4ccccc34)C3=CCn4c(=O)n(-c5ccccc5)c(=O)n4C3CC12Cl. The number of carbonyl (C=O) groups is 2. The van der Waals surface area contributed by atoms with Crippen LogP contribution in [-0.4, -0.2) is 40.6 Å². The maximum Gasteiger partial charge on any atom is 0.352 e. The summed E-state index contributed by atoms with van der Waals surface area (Å²) in [5.41, 5.74) is -0.136. The number of rotatable bonds is 3. The fourth-order valence-corrected chi connectivity index (χ4v) is 8.26. The Morgan fingerprint density at radius 3 is 2.22 bits per heavy atom. The van der Waals surface area contributed by atoms with Gasteiger partial charge in [-0.3, -0.25) is 9.59 Å². The highest BCUT2D eigenvalue weighted by atomic mass is 35.5. The van der Waals surface area contributed by atoms with Crippen molar-refractivity contribution in [2.45, 2.75) is 34.7 Å². The van der Waals surface area contributed by atoms with E-state index in [1.165, 1.54) is 27.6 Å². The van der Waals surface area contributed by atoms with Gasteiger partial charge in [-0.15, -0.1) is 23.2 Å². The number of para-hydroxylation sites is 1. The molecule has 1 saturated heterocycles. The molecule has 4 atom stereocenters. The minimum atomic E-state index is -2.20. The molecule has 3 heterocycles. The summed E-state index contributed by atoms with van der Waals surface area (Å²) in [5, 5.41) is 12.8. The zero-order chi connectivity index (χ0) is 32.1. The highest BCUT2D eigenvalue weighted by Gasteiger charge is 2.76. The summed E-state index contributed by atoms with van der Waals surface area (Å²) in [4.78, 5) is 53.2. The Labute approximate surface area is 269 Å². The lowest BCUT2D eigenvalue weighted by Crippen LogP contribution is -2.59. The van der Waals surface area contributed by atoms with Gasteiger partial charge < -0.3 is 5.11 Å². The Morgan fingerprint density at radius 2 is 1.48 bits per heavy atom. The first kappa shape index (κ1) is 28.5. The molecular weight excluding hydrogens is 634 g/mol. The molecule has 230 valence electrons. The number of alkyl halides is 2. The van der Waals surface area contributed by atoms with E-state index >= 15 is 0 Å². The molecule has 8 rings (SSSR count). The Bertz CT molecular complexity index is 2280. The zero-order valence-corrected chi connectivity index (χ0v) is 25.3. The average molecular weight is 657 g/mol. The number of aromatic hydroxyl groups is 1. The summed E-state index contributed by atoms with van der Waals surface area (Å²) in [6.45, 7) is -0.0478. The van der Waals surface area contributed by atoms with Crippen LogP contribution in [0.25, 0.3) is 16.5 Å². The summed E-state index contributed by atoms with van der Waals surface area (Å²) in [6.07, 6.45) is 1.39. The third kappa shape index (κ3) is 3.56. The molecule has 4 aromatic carbocycles. The van der Waals surface area contributed by atoms with Gasteiger partial charge in [0, 0.05) is 17.9 Å². The second kappa shape index (κ2) is 9.78. The molecule has 1 saturated carbocycles. The number of benzene rings is 4. The molecular formula is C34H23Cl2FN4O5. The maximum atomic E-state index is 14.6. The lowest BCUT2D eigenvalue weighted by molar-refractivity contribution is -0.122. The number of anilines is 1. The van der Waals surface area contributed by atoms with E-state index in [2.05, 4.69) is 0 Å². The van der Waals surface area contributed by atoms with E-state index in [1.54, 1.807) is 54.6 Å². The number of amides is 2. The van der Waals surface area contributed by atoms with E-state index < -0.39 is 50.7 Å². The van der Waals surface area contributed by atoms with E-state index in [0.29, 0.717) is 16.6 Å². The van der Waals surface area contributed by atoms with Crippen molar-refractivity contribution in [1.82, 2.24) is 13.9 Å². The van der Waals surface area contributed by atoms with Crippen LogP contribution in [0.1, 0.15) is 23.9 Å². The summed E-state index contributed by atoms with van der Waals surface area (Å²) in [7, 11) is 0. The standard InChI is InChI=1S/C34H23Cl2FN4O5/c35-33-18-25-24(16-17-38-31(45)40(32(46)41(25)38)21-7-2-1-3-8-21)28(27-23-9-5-4-6-19(23)10-15-26(27)42)34(33,36)30(44)39(29(33)43)22-13-11-20(37)12-14-22/h1-16,25,28,42H,17-18H2. The van der Waals surface area contributed by atoms with E-state index in [4.69, 9.17) is 23.2 Å². The van der Waals surface area contributed by atoms with Gasteiger partial charge in [0.1, 0.15) is 11.6 Å². The predicted molar refractivity (Wildman–Crippen MR) is 170 cm³/mol. The minimum Gasteiger partial charge on any atom is -0.508 e. The summed E-state index contributed by atoms with van der Waals surface area (Å²) >= 11 is 14.8. The third-order valence-corrected chi connectivity index (χ3v) is 10.8. The Kier molecular flexibility index (Phi) is 6.07. The first-order chi connectivity index (χ1) is 22.1. The van der Waals surface area contributed by atoms with Crippen LogP contribution in [0.4, 0.5) is 10.1 Å². The lowest BCUT2D eigenvalue weighted by atomic mass is 9.63. The molecule has 0 spiro atoms. The highest BCUT2D eigenvalue weighted by Crippen LogP contribution is 2.65. The molecule has 3 aliphatic rings. The quantitative estimate of drug-likeness (QED) is 0.167. The van der Waals surface area contributed by atoms with Crippen LogP contribution in [0.15, 0.2) is 112 Å². The largest absolute Gasteiger partial charge is 0.508 e. The van der Waals surface area contributed by atoms with E-state index in [0.717, 1.165) is 27.0 Å². The molecule has 1 aliphatic carbocycles. The number of hydrogen-bond acceptors (Lipinski definition) is 5. The van der Waals surface area contributed by atoms with Crippen molar-refractivity contribution in [3.8, 4) is 11.4 Å². The smallest absolute Gasteiger partial charge is 0.352 e. The lowest BCUT2D eigenvalue weighted by Gasteiger charge is -2.49. The van der Waals surface area contributed by atoms with Crippen LogP contribution in [0.3, 0.4) is 0 Å². The van der Waals surface area contributed by atoms with E-state index in [9.17, 15) is 28.7 Å². The Hall–Kier alpha value is -4.93. The fraction of sp³-hybridized carbons (Fsp3) is 0.176. The molecule has 46 heavy (non-hydrogen) atoms. The van der Waals surface area contributed by atoms with Crippen molar-refractivity contribution in [2.24, 2.45) is 0 Å². The number of allylic oxidation sites excluding steroid dienone is 2. The van der Waals surface area contributed by atoms with Gasteiger partial charge in [0.2, 0.25) is 0 Å². The van der Waals surface area contributed by atoms with Gasteiger partial charge in [-0.1, -0.05) is 54.6 Å². The van der Waals surface area contributed by atoms with Crippen molar-refractivity contribution >= 4 is 51.5 Å². The van der Waals surface area contributed by atoms with Crippen molar-refractivity contribution < 1.29 is 19.1 Å². The minimum absolute atomic E-state index is 0.0478. The second-order valence-electron chi connectivity index (χ2n) is 11.7. The van der Waals surface area contributed by atoms with Gasteiger partial charge in [-0.05, 0) is 58.8 Å². The monoisotopic (exact) mass is 656 g/mol. The fourth-order valence-electron chi connectivity index (χ4n) is 7.36. The number of phenolic OH excluding ortho intramolecular Hbond substituents is 1. The normalized spacial score (nSPS) is 25.3. The predicted octanol–water partition coefficient (Wildman–Crippen LogP) is 5.00. The van der Waals surface area contributed by atoms with Gasteiger partial charge in [0.05, 0.1) is 24.0 Å². The number of imide groups is 1. The molecule has 1 N–H and O–H groups in total. The number of phenols is 1. The summed E-state index contributed by atoms with van der Waals surface area (Å²) in [5.74, 6) is -3.71. The van der Waals surface area contributed by atoms with Crippen LogP contribution in [0.5, 0.6) is 5.75 Å². The molecule has 0 bridgehead atoms. The van der Waals surface area contributed by atoms with Crippen molar-refractivity contribution in [1.29, 1.82) is 0 Å². The molecule has 2 aliphatic heterocycles. The second-order valence-corrected chi connectivity index (χ2v) is 12.9. The van der Waals surface area contributed by atoms with Crippen molar-refractivity contribution in [3.63, 3.8) is 0 Å².